The molecule has 0 radical (unpaired) electrons. The van der Waals surface area contributed by atoms with Crippen LogP contribution in [0.3, 0.4) is 0 Å². The smallest absolute Gasteiger partial charge is 0.123 e. The topological polar surface area (TPSA) is 56.5 Å². The van der Waals surface area contributed by atoms with Gasteiger partial charge in [0.25, 0.3) is 0 Å². The van der Waals surface area contributed by atoms with Gasteiger partial charge < -0.3 is 9.84 Å². The van der Waals surface area contributed by atoms with E-state index in [9.17, 15) is 5.11 Å². The highest BCUT2D eigenvalue weighted by atomic mass is 16.5. The number of hydrogen-bond donors (Lipinski definition) is 1. The molecule has 4 heteroatoms. The summed E-state index contributed by atoms with van der Waals surface area (Å²) in [6.07, 6.45) is 2.15. The lowest BCUT2D eigenvalue weighted by atomic mass is 10.1. The number of methoxy groups -OCH3 is 1. The molecule has 1 N–H and O–H groups in total. The summed E-state index contributed by atoms with van der Waals surface area (Å²) in [5.41, 5.74) is 1.66. The molecule has 0 aromatic heterocycles. The van der Waals surface area contributed by atoms with Gasteiger partial charge in [-0.3, -0.25) is 4.90 Å². The van der Waals surface area contributed by atoms with E-state index < -0.39 is 0 Å². The summed E-state index contributed by atoms with van der Waals surface area (Å²) in [5.74, 6) is 0.803. The number of aliphatic hydroxyl groups is 1. The van der Waals surface area contributed by atoms with Crippen LogP contribution in [0.4, 0.5) is 0 Å². The molecular formula is C14H18N2O2. The van der Waals surface area contributed by atoms with Gasteiger partial charge in [-0.1, -0.05) is 0 Å². The molecule has 0 bridgehead atoms. The summed E-state index contributed by atoms with van der Waals surface area (Å²) in [6.45, 7) is 1.91. The summed E-state index contributed by atoms with van der Waals surface area (Å²) in [6, 6.07) is 7.84. The quantitative estimate of drug-likeness (QED) is 0.875. The van der Waals surface area contributed by atoms with E-state index in [1.54, 1.807) is 13.2 Å². The minimum absolute atomic E-state index is 0.195. The fourth-order valence-corrected chi connectivity index (χ4v) is 2.50. The van der Waals surface area contributed by atoms with E-state index in [1.807, 2.05) is 12.1 Å². The van der Waals surface area contributed by atoms with Crippen molar-refractivity contribution in [1.82, 2.24) is 4.90 Å². The molecule has 1 unspecified atom stereocenters. The Bertz CT molecular complexity index is 454. The Morgan fingerprint density at radius 2 is 2.39 bits per heavy atom. The van der Waals surface area contributed by atoms with E-state index in [4.69, 9.17) is 10.00 Å². The second kappa shape index (κ2) is 5.85. The van der Waals surface area contributed by atoms with Gasteiger partial charge in [0.15, 0.2) is 0 Å². The molecule has 0 aliphatic carbocycles. The molecule has 18 heavy (non-hydrogen) atoms. The largest absolute Gasteiger partial charge is 0.496 e. The number of ether oxygens (including phenoxy) is 1. The van der Waals surface area contributed by atoms with Crippen molar-refractivity contribution in [3.8, 4) is 11.8 Å². The predicted octanol–water partition coefficient (Wildman–Crippen LogP) is 1.52. The van der Waals surface area contributed by atoms with Gasteiger partial charge in [0, 0.05) is 18.2 Å². The van der Waals surface area contributed by atoms with Crippen LogP contribution in [0.5, 0.6) is 5.75 Å². The zero-order valence-electron chi connectivity index (χ0n) is 10.6. The first kappa shape index (κ1) is 12.9. The van der Waals surface area contributed by atoms with Crippen LogP contribution in [0, 0.1) is 11.3 Å². The van der Waals surface area contributed by atoms with Crippen molar-refractivity contribution in [3.05, 3.63) is 29.3 Å². The lowest BCUT2D eigenvalue weighted by molar-refractivity contribution is 0.152. The van der Waals surface area contributed by atoms with Crippen LogP contribution in [0.15, 0.2) is 18.2 Å². The van der Waals surface area contributed by atoms with E-state index >= 15 is 0 Å². The minimum atomic E-state index is 0.195. The maximum absolute atomic E-state index is 9.32. The van der Waals surface area contributed by atoms with E-state index in [0.717, 1.165) is 37.2 Å². The highest BCUT2D eigenvalue weighted by molar-refractivity contribution is 5.42. The monoisotopic (exact) mass is 246 g/mol. The molecule has 1 aliphatic rings. The van der Waals surface area contributed by atoms with E-state index in [1.165, 1.54) is 0 Å². The molecule has 1 heterocycles. The fourth-order valence-electron chi connectivity index (χ4n) is 2.50. The fraction of sp³-hybridized carbons (Fsp3) is 0.500. The molecule has 4 nitrogen and oxygen atoms in total. The second-order valence-corrected chi connectivity index (χ2v) is 4.59. The summed E-state index contributed by atoms with van der Waals surface area (Å²) >= 11 is 0. The first-order valence-electron chi connectivity index (χ1n) is 6.20. The Morgan fingerprint density at radius 3 is 3.06 bits per heavy atom. The molecule has 1 aromatic rings. The van der Waals surface area contributed by atoms with Crippen LogP contribution in [0.25, 0.3) is 0 Å². The van der Waals surface area contributed by atoms with Gasteiger partial charge in [0.2, 0.25) is 0 Å². The first-order valence-corrected chi connectivity index (χ1v) is 6.20. The number of aliphatic hydroxyl groups excluding tert-OH is 1. The van der Waals surface area contributed by atoms with Crippen molar-refractivity contribution < 1.29 is 9.84 Å². The van der Waals surface area contributed by atoms with Crippen molar-refractivity contribution in [3.63, 3.8) is 0 Å². The van der Waals surface area contributed by atoms with Gasteiger partial charge >= 0.3 is 0 Å². The lowest BCUT2D eigenvalue weighted by Crippen LogP contribution is -2.31. The van der Waals surface area contributed by atoms with Crippen molar-refractivity contribution in [2.24, 2.45) is 0 Å². The lowest BCUT2D eigenvalue weighted by Gasteiger charge is -2.23. The maximum Gasteiger partial charge on any atom is 0.123 e. The third-order valence-electron chi connectivity index (χ3n) is 3.49. The maximum atomic E-state index is 9.32. The highest BCUT2D eigenvalue weighted by Crippen LogP contribution is 2.25. The molecule has 96 valence electrons. The summed E-state index contributed by atoms with van der Waals surface area (Å²) in [4.78, 5) is 2.25. The number of hydrogen-bond acceptors (Lipinski definition) is 4. The normalized spacial score (nSPS) is 19.7. The zero-order valence-corrected chi connectivity index (χ0v) is 10.6. The van der Waals surface area contributed by atoms with Gasteiger partial charge in [-0.2, -0.15) is 5.26 Å². The molecule has 1 atom stereocenters. The van der Waals surface area contributed by atoms with Crippen molar-refractivity contribution >= 4 is 0 Å². The highest BCUT2D eigenvalue weighted by Gasteiger charge is 2.24. The number of rotatable bonds is 4. The average Bonchev–Trinajstić information content (AvgIpc) is 2.86. The summed E-state index contributed by atoms with van der Waals surface area (Å²) in [5, 5.41) is 18.3. The number of likely N-dealkylation sites (tertiary alicyclic amines) is 1. The average molecular weight is 246 g/mol. The van der Waals surface area contributed by atoms with Crippen LogP contribution >= 0.6 is 0 Å². The van der Waals surface area contributed by atoms with E-state index in [2.05, 4.69) is 11.0 Å². The third kappa shape index (κ3) is 2.63. The number of nitriles is 1. The second-order valence-electron chi connectivity index (χ2n) is 4.59. The molecule has 0 amide bonds. The Balaban J connectivity index is 2.19. The molecule has 1 fully saturated rings. The van der Waals surface area contributed by atoms with Gasteiger partial charge in [-0.15, -0.1) is 0 Å². The zero-order chi connectivity index (χ0) is 13.0. The van der Waals surface area contributed by atoms with Gasteiger partial charge in [0.1, 0.15) is 5.75 Å². The molecule has 2 rings (SSSR count). The van der Waals surface area contributed by atoms with Crippen LogP contribution in [-0.2, 0) is 6.54 Å². The molecule has 0 spiro atoms. The van der Waals surface area contributed by atoms with Gasteiger partial charge in [0.05, 0.1) is 25.3 Å². The van der Waals surface area contributed by atoms with Crippen molar-refractivity contribution in [1.29, 1.82) is 5.26 Å². The standard InChI is InChI=1S/C14H18N2O2/c1-18-14-5-4-11(8-15)7-12(14)9-16-6-2-3-13(16)10-17/h4-5,7,13,17H,2-3,6,9-10H2,1H3. The number of benzene rings is 1. The molecule has 0 saturated carbocycles. The molecule has 1 aromatic carbocycles. The Labute approximate surface area is 107 Å². The molecular weight excluding hydrogens is 228 g/mol. The third-order valence-corrected chi connectivity index (χ3v) is 3.49. The summed E-state index contributed by atoms with van der Waals surface area (Å²) < 4.78 is 5.33. The first-order chi connectivity index (χ1) is 8.78. The van der Waals surface area contributed by atoms with Gasteiger partial charge in [-0.25, -0.2) is 0 Å². The van der Waals surface area contributed by atoms with Crippen molar-refractivity contribution in [2.45, 2.75) is 25.4 Å². The van der Waals surface area contributed by atoms with Crippen LogP contribution in [0.1, 0.15) is 24.0 Å². The summed E-state index contributed by atoms with van der Waals surface area (Å²) in [7, 11) is 1.64. The van der Waals surface area contributed by atoms with Crippen molar-refractivity contribution in [2.75, 3.05) is 20.3 Å². The van der Waals surface area contributed by atoms with Crippen LogP contribution in [-0.4, -0.2) is 36.3 Å². The molecule has 1 saturated heterocycles. The van der Waals surface area contributed by atoms with E-state index in [0.29, 0.717) is 5.56 Å². The van der Waals surface area contributed by atoms with E-state index in [-0.39, 0.29) is 12.6 Å². The Kier molecular flexibility index (Phi) is 4.19. The SMILES string of the molecule is COc1ccc(C#N)cc1CN1CCCC1CO. The minimum Gasteiger partial charge on any atom is -0.496 e. The number of nitrogens with zero attached hydrogens (tertiary/aromatic N) is 2. The predicted molar refractivity (Wildman–Crippen MR) is 68.2 cm³/mol. The van der Waals surface area contributed by atoms with Crippen LogP contribution < -0.4 is 4.74 Å². The molecule has 1 aliphatic heterocycles. The Hall–Kier alpha value is -1.57. The van der Waals surface area contributed by atoms with Gasteiger partial charge in [-0.05, 0) is 37.6 Å². The Morgan fingerprint density at radius 1 is 1.56 bits per heavy atom. The van der Waals surface area contributed by atoms with Crippen LogP contribution in [0.2, 0.25) is 0 Å².